The van der Waals surface area contributed by atoms with Crippen molar-refractivity contribution >= 4 is 0 Å². The Balaban J connectivity index is 1.82. The lowest BCUT2D eigenvalue weighted by molar-refractivity contribution is 0.108. The van der Waals surface area contributed by atoms with Gasteiger partial charge in [0.2, 0.25) is 0 Å². The molecule has 100 valence electrons. The third kappa shape index (κ3) is 3.69. The summed E-state index contributed by atoms with van der Waals surface area (Å²) in [6, 6.07) is 1.14. The summed E-state index contributed by atoms with van der Waals surface area (Å²) in [6.45, 7) is 4.93. The van der Waals surface area contributed by atoms with Crippen molar-refractivity contribution in [3.8, 4) is 0 Å². The second kappa shape index (κ2) is 6.75. The highest BCUT2D eigenvalue weighted by atomic mass is 15.2. The molecule has 1 aliphatic heterocycles. The van der Waals surface area contributed by atoms with Crippen molar-refractivity contribution in [1.29, 1.82) is 0 Å². The predicted molar refractivity (Wildman–Crippen MR) is 74.1 cm³/mol. The maximum atomic E-state index is 6.36. The molecule has 0 aromatic carbocycles. The molecule has 2 nitrogen and oxygen atoms in total. The van der Waals surface area contributed by atoms with Gasteiger partial charge in [-0.15, -0.1) is 0 Å². The van der Waals surface area contributed by atoms with Crippen molar-refractivity contribution in [2.24, 2.45) is 11.7 Å². The number of piperidine rings is 1. The molecular weight excluding hydrogens is 208 g/mol. The van der Waals surface area contributed by atoms with Crippen molar-refractivity contribution in [1.82, 2.24) is 4.90 Å². The zero-order chi connectivity index (χ0) is 12.1. The smallest absolute Gasteiger partial charge is 0.0247 e. The Morgan fingerprint density at radius 1 is 1.00 bits per heavy atom. The lowest BCUT2D eigenvalue weighted by Gasteiger charge is -2.39. The van der Waals surface area contributed by atoms with Crippen molar-refractivity contribution in [3.63, 3.8) is 0 Å². The van der Waals surface area contributed by atoms with E-state index in [9.17, 15) is 0 Å². The van der Waals surface area contributed by atoms with Crippen LogP contribution in [0.4, 0.5) is 0 Å². The molecule has 2 fully saturated rings. The van der Waals surface area contributed by atoms with Crippen LogP contribution in [-0.4, -0.2) is 30.1 Å². The van der Waals surface area contributed by atoms with Crippen LogP contribution in [0.3, 0.4) is 0 Å². The summed E-state index contributed by atoms with van der Waals surface area (Å²) < 4.78 is 0. The van der Waals surface area contributed by atoms with E-state index in [0.29, 0.717) is 12.1 Å². The van der Waals surface area contributed by atoms with E-state index in [1.807, 2.05) is 0 Å². The molecule has 2 atom stereocenters. The van der Waals surface area contributed by atoms with Gasteiger partial charge in [-0.3, -0.25) is 4.90 Å². The van der Waals surface area contributed by atoms with Crippen molar-refractivity contribution < 1.29 is 0 Å². The highest BCUT2D eigenvalue weighted by molar-refractivity contribution is 4.87. The van der Waals surface area contributed by atoms with Gasteiger partial charge in [0.05, 0.1) is 0 Å². The number of nitrogens with two attached hydrogens (primary N) is 1. The Kier molecular flexibility index (Phi) is 5.30. The first-order valence-corrected chi connectivity index (χ1v) is 7.81. The highest BCUT2D eigenvalue weighted by Gasteiger charge is 2.29. The van der Waals surface area contributed by atoms with E-state index in [0.717, 1.165) is 5.92 Å². The summed E-state index contributed by atoms with van der Waals surface area (Å²) in [5, 5.41) is 0. The zero-order valence-corrected chi connectivity index (χ0v) is 11.5. The minimum Gasteiger partial charge on any atom is -0.326 e. The SMILES string of the molecule is CCCC1CCN(C2CCCCCC2N)CC1. The Labute approximate surface area is 107 Å². The molecule has 0 bridgehead atoms. The molecule has 2 unspecified atom stereocenters. The van der Waals surface area contributed by atoms with E-state index in [2.05, 4.69) is 11.8 Å². The molecule has 2 aliphatic rings. The molecule has 0 radical (unpaired) electrons. The van der Waals surface area contributed by atoms with Gasteiger partial charge in [-0.2, -0.15) is 0 Å². The van der Waals surface area contributed by atoms with E-state index >= 15 is 0 Å². The van der Waals surface area contributed by atoms with Gasteiger partial charge in [0.25, 0.3) is 0 Å². The van der Waals surface area contributed by atoms with Gasteiger partial charge in [-0.05, 0) is 44.7 Å². The molecule has 0 amide bonds. The van der Waals surface area contributed by atoms with Gasteiger partial charge < -0.3 is 5.73 Å². The minimum absolute atomic E-state index is 0.445. The molecule has 2 heteroatoms. The van der Waals surface area contributed by atoms with Crippen LogP contribution in [0.1, 0.15) is 64.7 Å². The molecular formula is C15H30N2. The fourth-order valence-electron chi connectivity index (χ4n) is 3.75. The molecule has 0 aromatic rings. The van der Waals surface area contributed by atoms with Crippen LogP contribution in [0.25, 0.3) is 0 Å². The average molecular weight is 238 g/mol. The minimum atomic E-state index is 0.445. The van der Waals surface area contributed by atoms with Gasteiger partial charge in [-0.1, -0.05) is 39.0 Å². The fraction of sp³-hybridized carbons (Fsp3) is 1.00. The van der Waals surface area contributed by atoms with Crippen LogP contribution >= 0.6 is 0 Å². The first-order valence-electron chi connectivity index (χ1n) is 7.81. The second-order valence-corrected chi connectivity index (χ2v) is 6.14. The number of likely N-dealkylation sites (tertiary alicyclic amines) is 1. The average Bonchev–Trinajstić information content (AvgIpc) is 2.56. The summed E-state index contributed by atoms with van der Waals surface area (Å²) in [7, 11) is 0. The highest BCUT2D eigenvalue weighted by Crippen LogP contribution is 2.27. The zero-order valence-electron chi connectivity index (χ0n) is 11.5. The van der Waals surface area contributed by atoms with E-state index in [-0.39, 0.29) is 0 Å². The van der Waals surface area contributed by atoms with Gasteiger partial charge in [0, 0.05) is 12.1 Å². The van der Waals surface area contributed by atoms with Crippen LogP contribution in [0.15, 0.2) is 0 Å². The molecule has 1 heterocycles. The van der Waals surface area contributed by atoms with Crippen molar-refractivity contribution in [2.45, 2.75) is 76.8 Å². The molecule has 1 saturated carbocycles. The maximum Gasteiger partial charge on any atom is 0.0247 e. The third-order valence-electron chi connectivity index (χ3n) is 4.85. The normalized spacial score (nSPS) is 33.5. The Morgan fingerprint density at radius 2 is 1.71 bits per heavy atom. The monoisotopic (exact) mass is 238 g/mol. The molecule has 0 aromatic heterocycles. The molecule has 2 rings (SSSR count). The summed E-state index contributed by atoms with van der Waals surface area (Å²) in [4.78, 5) is 2.71. The van der Waals surface area contributed by atoms with Crippen LogP contribution < -0.4 is 5.73 Å². The second-order valence-electron chi connectivity index (χ2n) is 6.14. The standard InChI is InChI=1S/C15H30N2/c1-2-6-13-9-11-17(12-10-13)15-8-5-3-4-7-14(15)16/h13-15H,2-12,16H2,1H3. The summed E-state index contributed by atoms with van der Waals surface area (Å²) in [6.07, 6.45) is 12.4. The van der Waals surface area contributed by atoms with E-state index in [1.54, 1.807) is 0 Å². The summed E-state index contributed by atoms with van der Waals surface area (Å²) in [5.74, 6) is 0.998. The quantitative estimate of drug-likeness (QED) is 0.765. The Morgan fingerprint density at radius 3 is 2.41 bits per heavy atom. The number of rotatable bonds is 3. The number of hydrogen-bond acceptors (Lipinski definition) is 2. The molecule has 2 N–H and O–H groups in total. The van der Waals surface area contributed by atoms with Crippen LogP contribution in [0.2, 0.25) is 0 Å². The first-order chi connectivity index (χ1) is 8.31. The lowest BCUT2D eigenvalue weighted by atomic mass is 9.90. The van der Waals surface area contributed by atoms with Gasteiger partial charge in [0.1, 0.15) is 0 Å². The summed E-state index contributed by atoms with van der Waals surface area (Å²) in [5.41, 5.74) is 6.36. The maximum absolute atomic E-state index is 6.36. The van der Waals surface area contributed by atoms with Crippen molar-refractivity contribution in [3.05, 3.63) is 0 Å². The Bertz CT molecular complexity index is 209. The van der Waals surface area contributed by atoms with Crippen molar-refractivity contribution in [2.75, 3.05) is 13.1 Å². The number of nitrogens with zero attached hydrogens (tertiary/aromatic N) is 1. The molecule has 1 aliphatic carbocycles. The summed E-state index contributed by atoms with van der Waals surface area (Å²) >= 11 is 0. The van der Waals surface area contributed by atoms with E-state index in [4.69, 9.17) is 5.73 Å². The van der Waals surface area contributed by atoms with Gasteiger partial charge in [0.15, 0.2) is 0 Å². The fourth-order valence-corrected chi connectivity index (χ4v) is 3.75. The van der Waals surface area contributed by atoms with Crippen LogP contribution in [-0.2, 0) is 0 Å². The lowest BCUT2D eigenvalue weighted by Crippen LogP contribution is -2.50. The van der Waals surface area contributed by atoms with E-state index < -0.39 is 0 Å². The molecule has 1 saturated heterocycles. The first kappa shape index (κ1) is 13.4. The topological polar surface area (TPSA) is 29.3 Å². The molecule has 17 heavy (non-hydrogen) atoms. The largest absolute Gasteiger partial charge is 0.326 e. The van der Waals surface area contributed by atoms with Crippen LogP contribution in [0.5, 0.6) is 0 Å². The Hall–Kier alpha value is -0.0800. The predicted octanol–water partition coefficient (Wildman–Crippen LogP) is 3.16. The number of hydrogen-bond donors (Lipinski definition) is 1. The van der Waals surface area contributed by atoms with Gasteiger partial charge in [-0.25, -0.2) is 0 Å². The molecule has 0 spiro atoms. The van der Waals surface area contributed by atoms with Crippen LogP contribution in [0, 0.1) is 5.92 Å². The van der Waals surface area contributed by atoms with E-state index in [1.165, 1.54) is 70.9 Å². The third-order valence-corrected chi connectivity index (χ3v) is 4.85. The van der Waals surface area contributed by atoms with Gasteiger partial charge >= 0.3 is 0 Å².